The molecule has 168 valence electrons. The van der Waals surface area contributed by atoms with Crippen LogP contribution in [0.4, 0.5) is 11.4 Å². The number of hydrogen-bond acceptors (Lipinski definition) is 6. The van der Waals surface area contributed by atoms with Gasteiger partial charge in [-0.25, -0.2) is 5.43 Å². The summed E-state index contributed by atoms with van der Waals surface area (Å²) in [6, 6.07) is 12.5. The molecule has 0 unspecified atom stereocenters. The van der Waals surface area contributed by atoms with E-state index in [1.54, 1.807) is 19.1 Å². The number of hydrogen-bond donors (Lipinski definition) is 2. The molecular formula is C23H19BrN4O5. The van der Waals surface area contributed by atoms with Crippen molar-refractivity contribution in [3.63, 3.8) is 0 Å². The zero-order valence-corrected chi connectivity index (χ0v) is 19.1. The Morgan fingerprint density at radius 2 is 1.76 bits per heavy atom. The quantitative estimate of drug-likeness (QED) is 0.369. The second-order valence-corrected chi connectivity index (χ2v) is 8.39. The predicted octanol–water partition coefficient (Wildman–Crippen LogP) is 4.98. The monoisotopic (exact) mass is 510 g/mol. The molecule has 1 aliphatic rings. The molecule has 2 amide bonds. The predicted molar refractivity (Wildman–Crippen MR) is 126 cm³/mol. The Hall–Kier alpha value is -3.79. The summed E-state index contributed by atoms with van der Waals surface area (Å²) in [7, 11) is 0. The maximum atomic E-state index is 12.8. The highest BCUT2D eigenvalue weighted by molar-refractivity contribution is 9.10. The van der Waals surface area contributed by atoms with Crippen molar-refractivity contribution in [1.82, 2.24) is 5.43 Å². The van der Waals surface area contributed by atoms with Crippen molar-refractivity contribution < 1.29 is 18.9 Å². The van der Waals surface area contributed by atoms with E-state index < -0.39 is 10.8 Å². The number of halogens is 1. The minimum Gasteiger partial charge on any atom is -0.455 e. The average Bonchev–Trinajstić information content (AvgIpc) is 3.16. The standard InChI is InChI=1S/C23H19BrN4O5/c1-13-20-18(26-27-22(29)14-5-11-17(12-6-14)28(31)32)3-2-4-19(20)33-21(13)23(30)25-16-9-7-15(24)8-10-16/h5-12H,2-4H2,1H3,(H,25,30)(H,27,29)/b26-18+. The number of aryl methyl sites for hydroxylation is 1. The van der Waals surface area contributed by atoms with Crippen molar-refractivity contribution in [1.29, 1.82) is 0 Å². The zero-order chi connectivity index (χ0) is 23.5. The van der Waals surface area contributed by atoms with Crippen LogP contribution in [0.2, 0.25) is 0 Å². The number of nitrogens with one attached hydrogen (secondary N) is 2. The molecule has 0 saturated heterocycles. The number of furan rings is 1. The molecule has 2 aromatic carbocycles. The fourth-order valence-electron chi connectivity index (χ4n) is 3.64. The highest BCUT2D eigenvalue weighted by Crippen LogP contribution is 2.30. The third kappa shape index (κ3) is 4.85. The van der Waals surface area contributed by atoms with Crippen molar-refractivity contribution in [2.24, 2.45) is 5.10 Å². The lowest BCUT2D eigenvalue weighted by molar-refractivity contribution is -0.384. The van der Waals surface area contributed by atoms with Crippen LogP contribution in [0.5, 0.6) is 0 Å². The molecular weight excluding hydrogens is 492 g/mol. The Bertz CT molecular complexity index is 1260. The largest absolute Gasteiger partial charge is 0.455 e. The van der Waals surface area contributed by atoms with Gasteiger partial charge in [-0.05, 0) is 56.2 Å². The number of carbonyl (C=O) groups is 2. The number of nitrogens with zero attached hydrogens (tertiary/aromatic N) is 2. The van der Waals surface area contributed by atoms with Gasteiger partial charge in [0.2, 0.25) is 0 Å². The van der Waals surface area contributed by atoms with Gasteiger partial charge in [-0.3, -0.25) is 19.7 Å². The molecule has 0 atom stereocenters. The van der Waals surface area contributed by atoms with Gasteiger partial charge in [0.25, 0.3) is 17.5 Å². The van der Waals surface area contributed by atoms with E-state index in [9.17, 15) is 19.7 Å². The molecule has 0 aliphatic heterocycles. The van der Waals surface area contributed by atoms with Crippen LogP contribution >= 0.6 is 15.9 Å². The smallest absolute Gasteiger partial charge is 0.291 e. The van der Waals surface area contributed by atoms with Crippen LogP contribution in [0.15, 0.2) is 62.5 Å². The Morgan fingerprint density at radius 1 is 1.06 bits per heavy atom. The summed E-state index contributed by atoms with van der Waals surface area (Å²) in [6.07, 6.45) is 2.04. The molecule has 1 aliphatic carbocycles. The minimum atomic E-state index is -0.530. The first-order valence-corrected chi connectivity index (χ1v) is 10.9. The molecule has 3 aromatic rings. The second-order valence-electron chi connectivity index (χ2n) is 7.47. The summed E-state index contributed by atoms with van der Waals surface area (Å²) in [5.74, 6) is 0.0135. The molecule has 9 nitrogen and oxygen atoms in total. The first-order valence-electron chi connectivity index (χ1n) is 10.1. The fraction of sp³-hybridized carbons (Fsp3) is 0.174. The van der Waals surface area contributed by atoms with E-state index in [0.717, 1.165) is 16.5 Å². The van der Waals surface area contributed by atoms with E-state index >= 15 is 0 Å². The van der Waals surface area contributed by atoms with Gasteiger partial charge in [-0.2, -0.15) is 5.10 Å². The van der Waals surface area contributed by atoms with Crippen LogP contribution in [-0.2, 0) is 6.42 Å². The van der Waals surface area contributed by atoms with E-state index in [4.69, 9.17) is 4.42 Å². The van der Waals surface area contributed by atoms with Gasteiger partial charge in [0.15, 0.2) is 5.76 Å². The number of benzene rings is 2. The van der Waals surface area contributed by atoms with E-state index in [-0.39, 0.29) is 22.9 Å². The Labute approximate surface area is 197 Å². The summed E-state index contributed by atoms with van der Waals surface area (Å²) < 4.78 is 6.78. The first-order chi connectivity index (χ1) is 15.8. The van der Waals surface area contributed by atoms with E-state index in [1.165, 1.54) is 24.3 Å². The summed E-state index contributed by atoms with van der Waals surface area (Å²) in [5, 5.41) is 17.9. The van der Waals surface area contributed by atoms with Gasteiger partial charge >= 0.3 is 0 Å². The molecule has 33 heavy (non-hydrogen) atoms. The van der Waals surface area contributed by atoms with Crippen LogP contribution in [0.3, 0.4) is 0 Å². The summed E-state index contributed by atoms with van der Waals surface area (Å²) in [6.45, 7) is 1.79. The highest BCUT2D eigenvalue weighted by Gasteiger charge is 2.28. The molecule has 1 aromatic heterocycles. The SMILES string of the molecule is Cc1c(C(=O)Nc2ccc(Br)cc2)oc2c1/C(=N/NC(=O)c1ccc([N+](=O)[O-])cc1)CCC2. The molecule has 10 heteroatoms. The number of hydrazone groups is 1. The van der Waals surface area contributed by atoms with Crippen LogP contribution in [0, 0.1) is 17.0 Å². The minimum absolute atomic E-state index is 0.0993. The van der Waals surface area contributed by atoms with Crippen molar-refractivity contribution in [3.05, 3.63) is 91.3 Å². The van der Waals surface area contributed by atoms with E-state index in [1.807, 2.05) is 12.1 Å². The molecule has 2 N–H and O–H groups in total. The van der Waals surface area contributed by atoms with Crippen LogP contribution in [-0.4, -0.2) is 22.4 Å². The van der Waals surface area contributed by atoms with Crippen molar-refractivity contribution in [2.75, 3.05) is 5.32 Å². The Morgan fingerprint density at radius 3 is 2.42 bits per heavy atom. The number of non-ortho nitro benzene ring substituents is 1. The molecule has 4 rings (SSSR count). The third-order valence-corrected chi connectivity index (χ3v) is 5.80. The highest BCUT2D eigenvalue weighted by atomic mass is 79.9. The Balaban J connectivity index is 1.53. The van der Waals surface area contributed by atoms with Crippen LogP contribution < -0.4 is 10.7 Å². The lowest BCUT2D eigenvalue weighted by Gasteiger charge is -2.13. The van der Waals surface area contributed by atoms with Gasteiger partial charge < -0.3 is 9.73 Å². The zero-order valence-electron chi connectivity index (χ0n) is 17.6. The second kappa shape index (κ2) is 9.37. The number of fused-ring (bicyclic) bond motifs is 1. The van der Waals surface area contributed by atoms with Crippen molar-refractivity contribution in [3.8, 4) is 0 Å². The normalized spacial score (nSPS) is 13.9. The van der Waals surface area contributed by atoms with Crippen LogP contribution in [0.25, 0.3) is 0 Å². The Kier molecular flexibility index (Phi) is 6.36. The molecule has 0 radical (unpaired) electrons. The third-order valence-electron chi connectivity index (χ3n) is 5.27. The topological polar surface area (TPSA) is 127 Å². The van der Waals surface area contributed by atoms with Crippen molar-refractivity contribution in [2.45, 2.75) is 26.2 Å². The molecule has 1 heterocycles. The molecule has 0 fully saturated rings. The molecule has 0 spiro atoms. The number of nitro benzene ring substituents is 1. The maximum Gasteiger partial charge on any atom is 0.291 e. The fourth-order valence-corrected chi connectivity index (χ4v) is 3.90. The number of rotatable bonds is 5. The first kappa shape index (κ1) is 22.4. The van der Waals surface area contributed by atoms with Crippen LogP contribution in [0.1, 0.15) is 50.6 Å². The lowest BCUT2D eigenvalue weighted by atomic mass is 9.93. The maximum absolute atomic E-state index is 12.8. The van der Waals surface area contributed by atoms with Gasteiger partial charge in [0.1, 0.15) is 5.76 Å². The molecule has 0 saturated carbocycles. The number of nitro groups is 1. The van der Waals surface area contributed by atoms with E-state index in [0.29, 0.717) is 35.6 Å². The van der Waals surface area contributed by atoms with E-state index in [2.05, 4.69) is 31.8 Å². The summed E-state index contributed by atoms with van der Waals surface area (Å²) >= 11 is 3.36. The van der Waals surface area contributed by atoms with Gasteiger partial charge in [-0.15, -0.1) is 0 Å². The summed E-state index contributed by atoms with van der Waals surface area (Å²) in [5.41, 5.74) is 5.30. The number of amides is 2. The number of carbonyl (C=O) groups excluding carboxylic acids is 2. The summed E-state index contributed by atoms with van der Waals surface area (Å²) in [4.78, 5) is 35.5. The average molecular weight is 511 g/mol. The number of anilines is 1. The van der Waals surface area contributed by atoms with Crippen molar-refractivity contribution >= 4 is 44.8 Å². The van der Waals surface area contributed by atoms with Gasteiger partial charge in [-0.1, -0.05) is 15.9 Å². The molecule has 0 bridgehead atoms. The lowest BCUT2D eigenvalue weighted by Crippen LogP contribution is -2.22. The van der Waals surface area contributed by atoms with Gasteiger partial charge in [0.05, 0.1) is 10.6 Å². The van der Waals surface area contributed by atoms with Gasteiger partial charge in [0, 0.05) is 45.4 Å².